The van der Waals surface area contributed by atoms with E-state index in [0.29, 0.717) is 6.42 Å². The van der Waals surface area contributed by atoms with E-state index in [2.05, 4.69) is 42.8 Å². The van der Waals surface area contributed by atoms with E-state index in [9.17, 15) is 4.79 Å². The monoisotopic (exact) mass is 318 g/mol. The largest absolute Gasteiger partial charge is 0.397 e. The first-order chi connectivity index (χ1) is 11.0. The molecule has 0 saturated carbocycles. The zero-order valence-corrected chi connectivity index (χ0v) is 14.7. The topological polar surface area (TPSA) is 52.8 Å². The Morgan fingerprint density at radius 2 is 1.83 bits per heavy atom. The van der Waals surface area contributed by atoms with Gasteiger partial charge < -0.3 is 20.4 Å². The third-order valence-electron chi connectivity index (χ3n) is 4.68. The minimum Gasteiger partial charge on any atom is -0.397 e. The van der Waals surface area contributed by atoms with Gasteiger partial charge in [-0.1, -0.05) is 6.07 Å². The molecule has 1 aromatic carbocycles. The number of piperazine rings is 1. The number of rotatable bonds is 6. The van der Waals surface area contributed by atoms with Gasteiger partial charge >= 0.3 is 0 Å². The van der Waals surface area contributed by atoms with Crippen LogP contribution in [0, 0.1) is 0 Å². The number of hydrogen-bond donors (Lipinski definition) is 1. The van der Waals surface area contributed by atoms with E-state index in [1.165, 1.54) is 0 Å². The molecule has 0 aromatic heterocycles. The van der Waals surface area contributed by atoms with Crippen LogP contribution in [0.4, 0.5) is 11.4 Å². The van der Waals surface area contributed by atoms with Crippen molar-refractivity contribution in [2.75, 3.05) is 56.9 Å². The molecule has 0 bridgehead atoms. The molecule has 2 N–H and O–H groups in total. The second kappa shape index (κ2) is 8.20. The van der Waals surface area contributed by atoms with Crippen molar-refractivity contribution in [2.24, 2.45) is 0 Å². The van der Waals surface area contributed by atoms with Crippen molar-refractivity contribution in [1.82, 2.24) is 9.80 Å². The Morgan fingerprint density at radius 3 is 2.39 bits per heavy atom. The minimum absolute atomic E-state index is 0.254. The maximum Gasteiger partial charge on any atom is 0.222 e. The molecule has 1 aliphatic rings. The number of anilines is 2. The van der Waals surface area contributed by atoms with Crippen LogP contribution >= 0.6 is 0 Å². The standard InChI is InChI=1S/C18H30N4O/c1-4-21(5-2)17-8-6-15(14-16(17)19)7-9-18(23)22-12-10-20(3)11-13-22/h6,8,14H,4-5,7,9-13,19H2,1-3H3. The summed E-state index contributed by atoms with van der Waals surface area (Å²) < 4.78 is 0. The van der Waals surface area contributed by atoms with Crippen LogP contribution in [-0.2, 0) is 11.2 Å². The van der Waals surface area contributed by atoms with Gasteiger partial charge in [0.2, 0.25) is 5.91 Å². The second-order valence-electron chi connectivity index (χ2n) is 6.25. The summed E-state index contributed by atoms with van der Waals surface area (Å²) in [5.41, 5.74) is 9.23. The number of hydrogen-bond acceptors (Lipinski definition) is 4. The molecule has 5 nitrogen and oxygen atoms in total. The van der Waals surface area contributed by atoms with Crippen molar-refractivity contribution in [1.29, 1.82) is 0 Å². The van der Waals surface area contributed by atoms with Crippen LogP contribution in [0.25, 0.3) is 0 Å². The zero-order chi connectivity index (χ0) is 16.8. The normalized spacial score (nSPS) is 15.7. The molecule has 128 valence electrons. The van der Waals surface area contributed by atoms with Gasteiger partial charge in [0.05, 0.1) is 11.4 Å². The Morgan fingerprint density at radius 1 is 1.17 bits per heavy atom. The van der Waals surface area contributed by atoms with Crippen molar-refractivity contribution in [3.05, 3.63) is 23.8 Å². The molecule has 5 heteroatoms. The Kier molecular flexibility index (Phi) is 6.28. The second-order valence-corrected chi connectivity index (χ2v) is 6.25. The first kappa shape index (κ1) is 17.6. The van der Waals surface area contributed by atoms with Gasteiger partial charge in [-0.2, -0.15) is 0 Å². The minimum atomic E-state index is 0.254. The molecule has 1 fully saturated rings. The highest BCUT2D eigenvalue weighted by molar-refractivity contribution is 5.77. The van der Waals surface area contributed by atoms with Crippen LogP contribution in [0.3, 0.4) is 0 Å². The summed E-state index contributed by atoms with van der Waals surface area (Å²) in [6.45, 7) is 9.78. The van der Waals surface area contributed by atoms with Gasteiger partial charge in [0.15, 0.2) is 0 Å². The molecule has 1 heterocycles. The molecule has 1 amide bonds. The van der Waals surface area contributed by atoms with Crippen LogP contribution in [0.5, 0.6) is 0 Å². The lowest BCUT2D eigenvalue weighted by Gasteiger charge is -2.32. The third kappa shape index (κ3) is 4.61. The van der Waals surface area contributed by atoms with Crippen LogP contribution in [0.2, 0.25) is 0 Å². The van der Waals surface area contributed by atoms with Gasteiger partial charge in [-0.15, -0.1) is 0 Å². The van der Waals surface area contributed by atoms with E-state index in [-0.39, 0.29) is 5.91 Å². The Balaban J connectivity index is 1.91. The number of amides is 1. The lowest BCUT2D eigenvalue weighted by atomic mass is 10.1. The van der Waals surface area contributed by atoms with E-state index < -0.39 is 0 Å². The molecule has 23 heavy (non-hydrogen) atoms. The van der Waals surface area contributed by atoms with Crippen LogP contribution in [0.15, 0.2) is 18.2 Å². The fourth-order valence-electron chi connectivity index (χ4n) is 3.08. The van der Waals surface area contributed by atoms with Crippen LogP contribution < -0.4 is 10.6 Å². The number of nitrogens with zero attached hydrogens (tertiary/aromatic N) is 3. The average molecular weight is 318 g/mol. The fraction of sp³-hybridized carbons (Fsp3) is 0.611. The van der Waals surface area contributed by atoms with E-state index in [0.717, 1.165) is 62.6 Å². The summed E-state index contributed by atoms with van der Waals surface area (Å²) in [5, 5.41) is 0. The Hall–Kier alpha value is -1.75. The molecule has 1 aliphatic heterocycles. The molecule has 1 saturated heterocycles. The van der Waals surface area contributed by atoms with Gasteiger partial charge in [-0.05, 0) is 45.0 Å². The molecule has 0 radical (unpaired) electrons. The predicted octanol–water partition coefficient (Wildman–Crippen LogP) is 1.82. The summed E-state index contributed by atoms with van der Waals surface area (Å²) in [7, 11) is 2.10. The lowest BCUT2D eigenvalue weighted by Crippen LogP contribution is -2.47. The highest BCUT2D eigenvalue weighted by atomic mass is 16.2. The quantitative estimate of drug-likeness (QED) is 0.813. The predicted molar refractivity (Wildman–Crippen MR) is 96.8 cm³/mol. The number of nitrogens with two attached hydrogens (primary N) is 1. The summed E-state index contributed by atoms with van der Waals surface area (Å²) in [6, 6.07) is 6.20. The molecular weight excluding hydrogens is 288 g/mol. The summed E-state index contributed by atoms with van der Waals surface area (Å²) >= 11 is 0. The van der Waals surface area contributed by atoms with Gasteiger partial charge in [0.1, 0.15) is 0 Å². The molecular formula is C18H30N4O. The van der Waals surface area contributed by atoms with Crippen molar-refractivity contribution < 1.29 is 4.79 Å². The van der Waals surface area contributed by atoms with Gasteiger partial charge in [0, 0.05) is 45.7 Å². The number of aryl methyl sites for hydroxylation is 1. The van der Waals surface area contributed by atoms with Crippen molar-refractivity contribution in [3.8, 4) is 0 Å². The first-order valence-electron chi connectivity index (χ1n) is 8.64. The smallest absolute Gasteiger partial charge is 0.222 e. The van der Waals surface area contributed by atoms with E-state index in [1.807, 2.05) is 11.0 Å². The molecule has 2 rings (SSSR count). The molecule has 1 aromatic rings. The van der Waals surface area contributed by atoms with Crippen molar-refractivity contribution >= 4 is 17.3 Å². The number of likely N-dealkylation sites (N-methyl/N-ethyl adjacent to an activating group) is 1. The Labute approximate surface area is 140 Å². The highest BCUT2D eigenvalue weighted by Crippen LogP contribution is 2.24. The molecule has 0 unspecified atom stereocenters. The van der Waals surface area contributed by atoms with E-state index in [1.54, 1.807) is 0 Å². The maximum absolute atomic E-state index is 12.3. The van der Waals surface area contributed by atoms with E-state index in [4.69, 9.17) is 5.73 Å². The fourth-order valence-corrected chi connectivity index (χ4v) is 3.08. The SMILES string of the molecule is CCN(CC)c1ccc(CCC(=O)N2CCN(C)CC2)cc1N. The zero-order valence-electron chi connectivity index (χ0n) is 14.7. The Bertz CT molecular complexity index is 520. The molecule has 0 spiro atoms. The van der Waals surface area contributed by atoms with Crippen LogP contribution in [0.1, 0.15) is 25.8 Å². The number of carbonyl (C=O) groups excluding carboxylic acids is 1. The van der Waals surface area contributed by atoms with Gasteiger partial charge in [-0.3, -0.25) is 4.79 Å². The number of carbonyl (C=O) groups is 1. The van der Waals surface area contributed by atoms with Crippen molar-refractivity contribution in [2.45, 2.75) is 26.7 Å². The highest BCUT2D eigenvalue weighted by Gasteiger charge is 2.18. The lowest BCUT2D eigenvalue weighted by molar-refractivity contribution is -0.132. The summed E-state index contributed by atoms with van der Waals surface area (Å²) in [4.78, 5) is 18.8. The van der Waals surface area contributed by atoms with Gasteiger partial charge in [0.25, 0.3) is 0 Å². The first-order valence-corrected chi connectivity index (χ1v) is 8.64. The summed E-state index contributed by atoms with van der Waals surface area (Å²) in [5.74, 6) is 0.254. The van der Waals surface area contributed by atoms with Crippen LogP contribution in [-0.4, -0.2) is 62.0 Å². The average Bonchev–Trinajstić information content (AvgIpc) is 2.56. The molecule has 0 aliphatic carbocycles. The van der Waals surface area contributed by atoms with E-state index >= 15 is 0 Å². The number of benzene rings is 1. The third-order valence-corrected chi connectivity index (χ3v) is 4.68. The van der Waals surface area contributed by atoms with Gasteiger partial charge in [-0.25, -0.2) is 0 Å². The maximum atomic E-state index is 12.3. The van der Waals surface area contributed by atoms with Crippen molar-refractivity contribution in [3.63, 3.8) is 0 Å². The summed E-state index contributed by atoms with van der Waals surface area (Å²) in [6.07, 6.45) is 1.32. The number of nitrogen functional groups attached to an aromatic ring is 1. The molecule has 0 atom stereocenters.